The third kappa shape index (κ3) is 2.80. The van der Waals surface area contributed by atoms with Crippen LogP contribution in [0.4, 0.5) is 0 Å². The lowest BCUT2D eigenvalue weighted by Crippen LogP contribution is -2.13. The molecule has 90 valence electrons. The summed E-state index contributed by atoms with van der Waals surface area (Å²) < 4.78 is 11.1. The van der Waals surface area contributed by atoms with E-state index in [1.165, 1.54) is 0 Å². The molecule has 0 aliphatic carbocycles. The van der Waals surface area contributed by atoms with E-state index in [4.69, 9.17) is 9.15 Å². The lowest BCUT2D eigenvalue weighted by atomic mass is 10.1. The van der Waals surface area contributed by atoms with Gasteiger partial charge in [0.2, 0.25) is 11.8 Å². The maximum absolute atomic E-state index is 5.60. The van der Waals surface area contributed by atoms with Crippen molar-refractivity contribution in [2.45, 2.75) is 45.3 Å². The fourth-order valence-corrected chi connectivity index (χ4v) is 1.86. The van der Waals surface area contributed by atoms with E-state index in [0.29, 0.717) is 25.1 Å². The van der Waals surface area contributed by atoms with Crippen molar-refractivity contribution < 1.29 is 9.15 Å². The van der Waals surface area contributed by atoms with Crippen molar-refractivity contribution in [2.75, 3.05) is 13.2 Å². The topological polar surface area (TPSA) is 60.2 Å². The van der Waals surface area contributed by atoms with Gasteiger partial charge in [0.1, 0.15) is 0 Å². The van der Waals surface area contributed by atoms with Gasteiger partial charge in [-0.05, 0) is 26.3 Å². The SMILES string of the molecule is CCCNCc1nnc(C2COC(C)C2)o1. The molecule has 5 heteroatoms. The van der Waals surface area contributed by atoms with Crippen molar-refractivity contribution in [3.8, 4) is 0 Å². The maximum atomic E-state index is 5.60. The average molecular weight is 225 g/mol. The molecule has 2 atom stereocenters. The predicted octanol–water partition coefficient (Wildman–Crippen LogP) is 1.46. The molecule has 0 spiro atoms. The Labute approximate surface area is 95.6 Å². The normalized spacial score (nSPS) is 25.1. The molecule has 1 aromatic heterocycles. The summed E-state index contributed by atoms with van der Waals surface area (Å²) in [4.78, 5) is 0. The quantitative estimate of drug-likeness (QED) is 0.769. The molecule has 1 aliphatic heterocycles. The molecule has 1 N–H and O–H groups in total. The summed E-state index contributed by atoms with van der Waals surface area (Å²) >= 11 is 0. The van der Waals surface area contributed by atoms with Gasteiger partial charge < -0.3 is 14.5 Å². The van der Waals surface area contributed by atoms with Gasteiger partial charge in [0.25, 0.3) is 0 Å². The molecule has 0 amide bonds. The summed E-state index contributed by atoms with van der Waals surface area (Å²) in [5.41, 5.74) is 0. The minimum atomic E-state index is 0.280. The number of rotatable bonds is 5. The van der Waals surface area contributed by atoms with Crippen LogP contribution in [-0.4, -0.2) is 29.5 Å². The summed E-state index contributed by atoms with van der Waals surface area (Å²) in [6, 6.07) is 0. The van der Waals surface area contributed by atoms with Crippen molar-refractivity contribution in [1.29, 1.82) is 0 Å². The number of nitrogens with one attached hydrogen (secondary N) is 1. The minimum Gasteiger partial charge on any atom is -0.423 e. The van der Waals surface area contributed by atoms with Crippen LogP contribution in [0.5, 0.6) is 0 Å². The number of hydrogen-bond donors (Lipinski definition) is 1. The first-order chi connectivity index (χ1) is 7.79. The van der Waals surface area contributed by atoms with E-state index < -0.39 is 0 Å². The van der Waals surface area contributed by atoms with Gasteiger partial charge in [-0.25, -0.2) is 0 Å². The summed E-state index contributed by atoms with van der Waals surface area (Å²) in [7, 11) is 0. The summed E-state index contributed by atoms with van der Waals surface area (Å²) in [6.45, 7) is 6.53. The van der Waals surface area contributed by atoms with Gasteiger partial charge in [0.15, 0.2) is 0 Å². The van der Waals surface area contributed by atoms with E-state index in [2.05, 4.69) is 29.4 Å². The highest BCUT2D eigenvalue weighted by molar-refractivity contribution is 4.95. The first kappa shape index (κ1) is 11.5. The second kappa shape index (κ2) is 5.41. The van der Waals surface area contributed by atoms with Crippen LogP contribution in [0, 0.1) is 0 Å². The van der Waals surface area contributed by atoms with Crippen LogP contribution < -0.4 is 5.32 Å². The van der Waals surface area contributed by atoms with Crippen LogP contribution in [0.25, 0.3) is 0 Å². The monoisotopic (exact) mass is 225 g/mol. The smallest absolute Gasteiger partial charge is 0.230 e. The van der Waals surface area contributed by atoms with Crippen LogP contribution in [0.3, 0.4) is 0 Å². The van der Waals surface area contributed by atoms with Gasteiger partial charge in [-0.1, -0.05) is 6.92 Å². The molecule has 0 radical (unpaired) electrons. The highest BCUT2D eigenvalue weighted by atomic mass is 16.5. The van der Waals surface area contributed by atoms with Crippen molar-refractivity contribution >= 4 is 0 Å². The van der Waals surface area contributed by atoms with E-state index in [0.717, 1.165) is 25.3 Å². The largest absolute Gasteiger partial charge is 0.423 e. The van der Waals surface area contributed by atoms with E-state index in [-0.39, 0.29) is 5.92 Å². The van der Waals surface area contributed by atoms with Crippen LogP contribution in [0.2, 0.25) is 0 Å². The third-order valence-corrected chi connectivity index (χ3v) is 2.73. The zero-order chi connectivity index (χ0) is 11.4. The summed E-state index contributed by atoms with van der Waals surface area (Å²) in [5, 5.41) is 11.3. The van der Waals surface area contributed by atoms with Crippen molar-refractivity contribution in [2.24, 2.45) is 0 Å². The number of hydrogen-bond acceptors (Lipinski definition) is 5. The average Bonchev–Trinajstić information content (AvgIpc) is 2.87. The Morgan fingerprint density at radius 2 is 2.31 bits per heavy atom. The molecular formula is C11H19N3O2. The van der Waals surface area contributed by atoms with E-state index >= 15 is 0 Å². The molecule has 1 aromatic rings. The highest BCUT2D eigenvalue weighted by Gasteiger charge is 2.27. The number of aromatic nitrogens is 2. The molecular weight excluding hydrogens is 206 g/mol. The van der Waals surface area contributed by atoms with E-state index in [1.54, 1.807) is 0 Å². The zero-order valence-corrected chi connectivity index (χ0v) is 9.90. The lowest BCUT2D eigenvalue weighted by molar-refractivity contribution is 0.122. The summed E-state index contributed by atoms with van der Waals surface area (Å²) in [5.74, 6) is 1.67. The van der Waals surface area contributed by atoms with Crippen molar-refractivity contribution in [3.63, 3.8) is 0 Å². The van der Waals surface area contributed by atoms with E-state index in [1.807, 2.05) is 0 Å². The Morgan fingerprint density at radius 1 is 1.44 bits per heavy atom. The van der Waals surface area contributed by atoms with Crippen molar-refractivity contribution in [3.05, 3.63) is 11.8 Å². The van der Waals surface area contributed by atoms with Gasteiger partial charge in [-0.3, -0.25) is 0 Å². The fourth-order valence-electron chi connectivity index (χ4n) is 1.86. The molecule has 0 saturated carbocycles. The van der Waals surface area contributed by atoms with E-state index in [9.17, 15) is 0 Å². The van der Waals surface area contributed by atoms with Gasteiger partial charge in [-0.2, -0.15) is 0 Å². The lowest BCUT2D eigenvalue weighted by Gasteiger charge is -2.00. The molecule has 1 aliphatic rings. The third-order valence-electron chi connectivity index (χ3n) is 2.73. The first-order valence-corrected chi connectivity index (χ1v) is 5.94. The molecule has 5 nitrogen and oxygen atoms in total. The molecule has 2 heterocycles. The molecule has 0 aromatic carbocycles. The fraction of sp³-hybridized carbons (Fsp3) is 0.818. The van der Waals surface area contributed by atoms with Crippen LogP contribution in [-0.2, 0) is 11.3 Å². The van der Waals surface area contributed by atoms with Gasteiger partial charge in [0, 0.05) is 0 Å². The molecule has 2 unspecified atom stereocenters. The van der Waals surface area contributed by atoms with Gasteiger partial charge >= 0.3 is 0 Å². The second-order valence-corrected chi connectivity index (χ2v) is 4.29. The van der Waals surface area contributed by atoms with Crippen LogP contribution >= 0.6 is 0 Å². The Morgan fingerprint density at radius 3 is 3.00 bits per heavy atom. The van der Waals surface area contributed by atoms with Gasteiger partial charge in [0.05, 0.1) is 25.2 Å². The Kier molecular flexibility index (Phi) is 3.90. The molecule has 0 bridgehead atoms. The Balaban J connectivity index is 1.87. The predicted molar refractivity (Wildman–Crippen MR) is 59.1 cm³/mol. The molecule has 1 fully saturated rings. The first-order valence-electron chi connectivity index (χ1n) is 5.94. The van der Waals surface area contributed by atoms with Crippen LogP contribution in [0.1, 0.15) is 44.4 Å². The number of ether oxygens (including phenoxy) is 1. The Bertz CT molecular complexity index is 327. The minimum absolute atomic E-state index is 0.280. The Hall–Kier alpha value is -0.940. The van der Waals surface area contributed by atoms with Crippen molar-refractivity contribution in [1.82, 2.24) is 15.5 Å². The molecule has 1 saturated heterocycles. The molecule has 2 rings (SSSR count). The highest BCUT2D eigenvalue weighted by Crippen LogP contribution is 2.27. The van der Waals surface area contributed by atoms with Crippen LogP contribution in [0.15, 0.2) is 4.42 Å². The standard InChI is InChI=1S/C11H19N3O2/c1-3-4-12-6-10-13-14-11(16-10)9-5-8(2)15-7-9/h8-9,12H,3-7H2,1-2H3. The second-order valence-electron chi connectivity index (χ2n) is 4.29. The number of nitrogens with zero attached hydrogens (tertiary/aromatic N) is 2. The van der Waals surface area contributed by atoms with Gasteiger partial charge in [-0.15, -0.1) is 10.2 Å². The maximum Gasteiger partial charge on any atom is 0.230 e. The zero-order valence-electron chi connectivity index (χ0n) is 9.90. The molecule has 16 heavy (non-hydrogen) atoms. The summed E-state index contributed by atoms with van der Waals surface area (Å²) in [6.07, 6.45) is 2.39.